The fraction of sp³-hybridized carbons (Fsp3) is 0.750. The topological polar surface area (TPSA) is 171 Å². The van der Waals surface area contributed by atoms with Crippen molar-refractivity contribution in [3.05, 3.63) is 12.4 Å². The van der Waals surface area contributed by atoms with Gasteiger partial charge in [-0.2, -0.15) is 4.31 Å². The summed E-state index contributed by atoms with van der Waals surface area (Å²) in [6.45, 7) is 3.08. The second-order valence-electron chi connectivity index (χ2n) is 10.7. The molecule has 0 spiro atoms. The van der Waals surface area contributed by atoms with E-state index in [4.69, 9.17) is 14.6 Å². The Morgan fingerprint density at radius 2 is 1.89 bits per heavy atom. The number of anilines is 1. The second-order valence-corrected chi connectivity index (χ2v) is 12.8. The Morgan fingerprint density at radius 1 is 1.18 bits per heavy atom. The number of hydrogen-bond acceptors (Lipinski definition) is 10. The van der Waals surface area contributed by atoms with Gasteiger partial charge in [-0.15, -0.1) is 0 Å². The van der Waals surface area contributed by atoms with Crippen molar-refractivity contribution in [3.63, 3.8) is 0 Å². The van der Waals surface area contributed by atoms with Crippen LogP contribution in [0.1, 0.15) is 51.9 Å². The lowest BCUT2D eigenvalue weighted by molar-refractivity contribution is -0.137. The molecular formula is C24H37N5O8S. The Balaban J connectivity index is 1.16. The van der Waals surface area contributed by atoms with E-state index in [9.17, 15) is 23.1 Å². The molecule has 4 rings (SSSR count). The number of sulfonamides is 1. The van der Waals surface area contributed by atoms with Crippen LogP contribution in [-0.4, -0.2) is 106 Å². The van der Waals surface area contributed by atoms with E-state index >= 15 is 0 Å². The molecule has 3 fully saturated rings. The van der Waals surface area contributed by atoms with E-state index in [-0.39, 0.29) is 42.9 Å². The molecule has 2 heterocycles. The van der Waals surface area contributed by atoms with Crippen molar-refractivity contribution < 1.29 is 37.7 Å². The normalized spacial score (nSPS) is 20.1. The monoisotopic (exact) mass is 555 g/mol. The third kappa shape index (κ3) is 8.40. The molecule has 1 aromatic heterocycles. The minimum Gasteiger partial charge on any atom is -0.480 e. The predicted molar refractivity (Wildman–Crippen MR) is 136 cm³/mol. The number of hydrogen-bond donors (Lipinski definition) is 3. The second kappa shape index (κ2) is 11.6. The van der Waals surface area contributed by atoms with Crippen LogP contribution in [0, 0.1) is 5.92 Å². The van der Waals surface area contributed by atoms with Crippen molar-refractivity contribution in [1.82, 2.24) is 19.2 Å². The number of carboxylic acid groups (broad SMARTS) is 1. The average Bonchev–Trinajstić information content (AvgIpc) is 3.80. The lowest BCUT2D eigenvalue weighted by Gasteiger charge is -2.31. The molecule has 3 aliphatic rings. The zero-order valence-corrected chi connectivity index (χ0v) is 22.5. The SMILES string of the molecule is CC1(OC(=O)N2CCC(COc3cnc(NCCN(CC(=O)O)S(=O)(=O)CCC4(O)CC4)cn3)CC2)CC1. The van der Waals surface area contributed by atoms with Gasteiger partial charge < -0.3 is 29.9 Å². The number of piperidine rings is 1. The van der Waals surface area contributed by atoms with Gasteiger partial charge in [0.2, 0.25) is 15.9 Å². The lowest BCUT2D eigenvalue weighted by atomic mass is 9.98. The van der Waals surface area contributed by atoms with Crippen molar-refractivity contribution in [2.24, 2.45) is 5.92 Å². The summed E-state index contributed by atoms with van der Waals surface area (Å²) in [5.74, 6) is -0.512. The third-order valence-electron chi connectivity index (χ3n) is 7.28. The van der Waals surface area contributed by atoms with E-state index in [1.54, 1.807) is 4.90 Å². The molecule has 0 radical (unpaired) electrons. The fourth-order valence-corrected chi connectivity index (χ4v) is 5.71. The molecule has 0 atom stereocenters. The number of aliphatic hydroxyl groups is 1. The van der Waals surface area contributed by atoms with Crippen LogP contribution in [0.2, 0.25) is 0 Å². The van der Waals surface area contributed by atoms with Crippen molar-refractivity contribution >= 4 is 27.9 Å². The van der Waals surface area contributed by atoms with Crippen LogP contribution >= 0.6 is 0 Å². The van der Waals surface area contributed by atoms with Crippen molar-refractivity contribution in [2.45, 2.75) is 63.1 Å². The highest BCUT2D eigenvalue weighted by Gasteiger charge is 2.43. The first-order valence-electron chi connectivity index (χ1n) is 13.0. The molecular weight excluding hydrogens is 518 g/mol. The summed E-state index contributed by atoms with van der Waals surface area (Å²) in [5.41, 5.74) is -1.20. The standard InChI is InChI=1S/C24H37N5O8S/c1-23(4-5-23)37-22(32)28-10-2-18(3-11-28)17-36-20-15-26-19(14-27-20)25-9-12-29(16-21(30)31)38(34,35)13-8-24(33)6-7-24/h14-15,18,33H,2-13,16-17H2,1H3,(H,25,26)(H,30,31). The number of rotatable bonds is 14. The number of ether oxygens (including phenoxy) is 2. The summed E-state index contributed by atoms with van der Waals surface area (Å²) < 4.78 is 37.4. The number of carbonyl (C=O) groups excluding carboxylic acids is 1. The van der Waals surface area contributed by atoms with Crippen LogP contribution < -0.4 is 10.1 Å². The number of carboxylic acids is 1. The minimum absolute atomic E-state index is 0.0710. The molecule has 13 nitrogen and oxygen atoms in total. The molecule has 1 saturated heterocycles. The Labute approximate surface area is 222 Å². The number of nitrogens with zero attached hydrogens (tertiary/aromatic N) is 4. The van der Waals surface area contributed by atoms with E-state index in [1.165, 1.54) is 12.4 Å². The van der Waals surface area contributed by atoms with Crippen molar-refractivity contribution in [1.29, 1.82) is 0 Å². The molecule has 2 aliphatic carbocycles. The van der Waals surface area contributed by atoms with Crippen LogP contribution in [0.25, 0.3) is 0 Å². The Hall–Kier alpha value is -2.71. The van der Waals surface area contributed by atoms with Crippen LogP contribution in [0.4, 0.5) is 10.6 Å². The van der Waals surface area contributed by atoms with Crippen LogP contribution in [-0.2, 0) is 19.6 Å². The van der Waals surface area contributed by atoms with Crippen LogP contribution in [0.15, 0.2) is 12.4 Å². The van der Waals surface area contributed by atoms with E-state index in [2.05, 4.69) is 15.3 Å². The molecule has 0 bridgehead atoms. The van der Waals surface area contributed by atoms with Gasteiger partial charge in [-0.05, 0) is 57.8 Å². The number of nitrogens with one attached hydrogen (secondary N) is 1. The first kappa shape index (κ1) is 28.3. The number of likely N-dealkylation sites (tertiary alicyclic amines) is 1. The highest BCUT2D eigenvalue weighted by molar-refractivity contribution is 7.89. The van der Waals surface area contributed by atoms with Gasteiger partial charge in [-0.1, -0.05) is 0 Å². The highest BCUT2D eigenvalue weighted by Crippen LogP contribution is 2.39. The minimum atomic E-state index is -3.84. The first-order chi connectivity index (χ1) is 18.0. The maximum Gasteiger partial charge on any atom is 0.410 e. The molecule has 14 heteroatoms. The van der Waals surface area contributed by atoms with Gasteiger partial charge in [0.15, 0.2) is 0 Å². The lowest BCUT2D eigenvalue weighted by Crippen LogP contribution is -2.41. The van der Waals surface area contributed by atoms with Gasteiger partial charge in [0.1, 0.15) is 18.0 Å². The van der Waals surface area contributed by atoms with Gasteiger partial charge >= 0.3 is 12.1 Å². The predicted octanol–water partition coefficient (Wildman–Crippen LogP) is 1.30. The molecule has 1 aliphatic heterocycles. The highest BCUT2D eigenvalue weighted by atomic mass is 32.2. The Morgan fingerprint density at radius 3 is 2.47 bits per heavy atom. The summed E-state index contributed by atoms with van der Waals surface area (Å²) in [7, 11) is -3.84. The number of amides is 1. The summed E-state index contributed by atoms with van der Waals surface area (Å²) >= 11 is 0. The molecule has 2 saturated carbocycles. The maximum absolute atomic E-state index is 12.6. The number of carbonyl (C=O) groups is 2. The zero-order chi connectivity index (χ0) is 27.4. The van der Waals surface area contributed by atoms with E-state index in [0.717, 1.165) is 30.0 Å². The van der Waals surface area contributed by atoms with E-state index in [1.807, 2.05) is 6.92 Å². The van der Waals surface area contributed by atoms with E-state index < -0.39 is 28.1 Å². The van der Waals surface area contributed by atoms with Gasteiger partial charge in [0.25, 0.3) is 0 Å². The molecule has 3 N–H and O–H groups in total. The molecule has 1 amide bonds. The molecule has 38 heavy (non-hydrogen) atoms. The molecule has 212 valence electrons. The van der Waals surface area contributed by atoms with Gasteiger partial charge in [-0.25, -0.2) is 23.2 Å². The van der Waals surface area contributed by atoms with Crippen molar-refractivity contribution in [3.8, 4) is 5.88 Å². The largest absolute Gasteiger partial charge is 0.480 e. The summed E-state index contributed by atoms with van der Waals surface area (Å²) in [6.07, 6.45) is 7.40. The Bertz CT molecular complexity index is 1080. The first-order valence-corrected chi connectivity index (χ1v) is 14.6. The summed E-state index contributed by atoms with van der Waals surface area (Å²) in [6, 6.07) is 0. The van der Waals surface area contributed by atoms with Gasteiger partial charge in [0.05, 0.1) is 30.4 Å². The summed E-state index contributed by atoms with van der Waals surface area (Å²) in [5, 5.41) is 22.0. The van der Waals surface area contributed by atoms with Crippen molar-refractivity contribution in [2.75, 3.05) is 50.4 Å². The average molecular weight is 556 g/mol. The number of aliphatic carboxylic acids is 1. The van der Waals surface area contributed by atoms with Crippen LogP contribution in [0.5, 0.6) is 5.88 Å². The zero-order valence-electron chi connectivity index (χ0n) is 21.7. The summed E-state index contributed by atoms with van der Waals surface area (Å²) in [4.78, 5) is 33.6. The smallest absolute Gasteiger partial charge is 0.410 e. The van der Waals surface area contributed by atoms with Crippen LogP contribution in [0.3, 0.4) is 0 Å². The Kier molecular flexibility index (Phi) is 8.62. The van der Waals surface area contributed by atoms with E-state index in [0.29, 0.717) is 44.2 Å². The fourth-order valence-electron chi connectivity index (χ4n) is 4.14. The molecule has 0 unspecified atom stereocenters. The number of aromatic nitrogens is 2. The van der Waals surface area contributed by atoms with Gasteiger partial charge in [-0.3, -0.25) is 4.79 Å². The molecule has 1 aromatic rings. The maximum atomic E-state index is 12.6. The third-order valence-corrected chi connectivity index (χ3v) is 9.10. The quantitative estimate of drug-likeness (QED) is 0.302. The van der Waals surface area contributed by atoms with Gasteiger partial charge in [0, 0.05) is 26.2 Å². The molecule has 0 aromatic carbocycles.